The molecule has 68 heavy (non-hydrogen) atoms. The summed E-state index contributed by atoms with van der Waals surface area (Å²) in [5.41, 5.74) is 6.59. The van der Waals surface area contributed by atoms with Gasteiger partial charge in [-0.25, -0.2) is 0 Å². The number of aromatic nitrogens is 2. The number of carboxylic acids is 2. The summed E-state index contributed by atoms with van der Waals surface area (Å²) < 4.78 is 32.9. The van der Waals surface area contributed by atoms with Gasteiger partial charge in [-0.3, -0.25) is 9.59 Å². The van der Waals surface area contributed by atoms with Crippen molar-refractivity contribution >= 4 is 55.6 Å². The molecule has 2 heterocycles. The van der Waals surface area contributed by atoms with Crippen molar-refractivity contribution in [2.24, 2.45) is 0 Å². The van der Waals surface area contributed by atoms with Gasteiger partial charge in [0.2, 0.25) is 0 Å². The first-order valence-corrected chi connectivity index (χ1v) is 23.4. The zero-order chi connectivity index (χ0) is 47.7. The van der Waals surface area contributed by atoms with Crippen molar-refractivity contribution in [1.82, 2.24) is 14.0 Å². The van der Waals surface area contributed by atoms with Crippen molar-refractivity contribution in [3.05, 3.63) is 145 Å². The van der Waals surface area contributed by atoms with Crippen LogP contribution in [0, 0.1) is 0 Å². The minimum Gasteiger partial charge on any atom is -0.494 e. The maximum Gasteiger partial charge on any atom is 0.305 e. The number of nitrogens with zero attached hydrogens (tertiary/aromatic N) is 3. The van der Waals surface area contributed by atoms with Gasteiger partial charge in [0.05, 0.1) is 56.9 Å². The fourth-order valence-corrected chi connectivity index (χ4v) is 8.33. The number of carbonyl (C=O) groups is 2. The van der Waals surface area contributed by atoms with Gasteiger partial charge in [0.15, 0.2) is 0 Å². The number of hydrogen-bond acceptors (Lipinski definition) is 8. The third kappa shape index (κ3) is 13.5. The minimum atomic E-state index is -0.803. The Morgan fingerprint density at radius 2 is 0.853 bits per heavy atom. The molecule has 6 aromatic carbocycles. The molecule has 12 nitrogen and oxygen atoms in total. The third-order valence-corrected chi connectivity index (χ3v) is 11.7. The quantitative estimate of drug-likeness (QED) is 0.0534. The highest BCUT2D eigenvalue weighted by molar-refractivity contribution is 6.09. The number of para-hydroxylation sites is 2. The summed E-state index contributed by atoms with van der Waals surface area (Å²) in [4.78, 5) is 24.4. The van der Waals surface area contributed by atoms with E-state index < -0.39 is 11.9 Å². The van der Waals surface area contributed by atoms with Crippen LogP contribution in [0.1, 0.15) is 49.7 Å². The van der Waals surface area contributed by atoms with Gasteiger partial charge in [-0.15, -0.1) is 0 Å². The van der Waals surface area contributed by atoms with E-state index >= 15 is 0 Å². The zero-order valence-corrected chi connectivity index (χ0v) is 39.4. The maximum absolute atomic E-state index is 11.2. The van der Waals surface area contributed by atoms with Crippen molar-refractivity contribution in [3.8, 4) is 23.0 Å². The van der Waals surface area contributed by atoms with Crippen LogP contribution >= 0.6 is 0 Å². The van der Waals surface area contributed by atoms with E-state index in [4.69, 9.17) is 33.9 Å². The van der Waals surface area contributed by atoms with Crippen molar-refractivity contribution in [2.75, 3.05) is 54.2 Å². The molecule has 0 bridgehead atoms. The van der Waals surface area contributed by atoms with Gasteiger partial charge >= 0.3 is 11.9 Å². The topological polar surface area (TPSA) is 134 Å². The molecule has 0 saturated carbocycles. The molecule has 356 valence electrons. The van der Waals surface area contributed by atoms with Crippen LogP contribution in [0.2, 0.25) is 0 Å². The highest BCUT2D eigenvalue weighted by Crippen LogP contribution is 2.33. The molecule has 8 aromatic rings. The number of unbranched alkanes of at least 4 members (excludes halogenated alkanes) is 2. The second kappa shape index (κ2) is 24.7. The summed E-state index contributed by atoms with van der Waals surface area (Å²) in [5.74, 6) is 1.75. The first-order chi connectivity index (χ1) is 33.2. The summed E-state index contributed by atoms with van der Waals surface area (Å²) in [7, 11) is 5.83. The van der Waals surface area contributed by atoms with Crippen LogP contribution in [0.5, 0.6) is 23.0 Å². The highest BCUT2D eigenvalue weighted by Gasteiger charge is 2.14. The number of ether oxygens (including phenoxy) is 5. The van der Waals surface area contributed by atoms with E-state index in [0.29, 0.717) is 39.5 Å². The monoisotopic (exact) mass is 921 g/mol. The zero-order valence-electron chi connectivity index (χ0n) is 39.4. The third-order valence-electron chi connectivity index (χ3n) is 11.7. The average Bonchev–Trinajstić information content (AvgIpc) is 3.83. The van der Waals surface area contributed by atoms with Crippen LogP contribution in [-0.2, 0) is 40.4 Å². The second-order valence-corrected chi connectivity index (χ2v) is 17.1. The molecule has 0 aliphatic rings. The number of carboxylic acid groups (broad SMARTS) is 2. The van der Waals surface area contributed by atoms with Gasteiger partial charge in [0.25, 0.3) is 0 Å². The first-order valence-electron chi connectivity index (χ1n) is 23.4. The molecule has 0 saturated heterocycles. The summed E-state index contributed by atoms with van der Waals surface area (Å²) in [6.45, 7) is 4.99. The molecule has 0 aliphatic carbocycles. The Labute approximate surface area is 398 Å². The number of fused-ring (bicyclic) bond motifs is 6. The molecule has 0 amide bonds. The van der Waals surface area contributed by atoms with Crippen molar-refractivity contribution in [3.63, 3.8) is 0 Å². The number of benzene rings is 6. The normalized spacial score (nSPS) is 11.3. The summed E-state index contributed by atoms with van der Waals surface area (Å²) in [5, 5.41) is 22.8. The van der Waals surface area contributed by atoms with Gasteiger partial charge in [0, 0.05) is 71.5 Å². The van der Waals surface area contributed by atoms with Crippen molar-refractivity contribution in [2.45, 2.75) is 64.6 Å². The van der Waals surface area contributed by atoms with Crippen LogP contribution in [0.15, 0.2) is 133 Å². The molecule has 0 radical (unpaired) electrons. The maximum atomic E-state index is 11.2. The molecule has 12 heteroatoms. The Kier molecular flexibility index (Phi) is 17.7. The predicted molar refractivity (Wildman–Crippen MR) is 270 cm³/mol. The Balaban J connectivity index is 0.000000201. The van der Waals surface area contributed by atoms with E-state index in [1.54, 1.807) is 7.11 Å². The van der Waals surface area contributed by atoms with E-state index in [-0.39, 0.29) is 12.8 Å². The number of hydrogen-bond donors (Lipinski definition) is 2. The Morgan fingerprint density at radius 3 is 1.26 bits per heavy atom. The molecular weight excluding hydrogens is 859 g/mol. The Bertz CT molecular complexity index is 2870. The van der Waals surface area contributed by atoms with E-state index in [2.05, 4.69) is 76.7 Å². The second-order valence-electron chi connectivity index (χ2n) is 17.1. The van der Waals surface area contributed by atoms with Gasteiger partial charge in [0.1, 0.15) is 23.0 Å². The van der Waals surface area contributed by atoms with Gasteiger partial charge in [-0.05, 0) is 118 Å². The molecule has 0 fully saturated rings. The Morgan fingerprint density at radius 1 is 0.471 bits per heavy atom. The molecular formula is C56H63N3O9. The molecule has 0 spiro atoms. The molecule has 0 unspecified atom stereocenters. The van der Waals surface area contributed by atoms with E-state index in [1.807, 2.05) is 84.9 Å². The summed E-state index contributed by atoms with van der Waals surface area (Å²) >= 11 is 0. The van der Waals surface area contributed by atoms with Gasteiger partial charge < -0.3 is 47.9 Å². The molecule has 8 rings (SSSR count). The number of aryl methyl sites for hydroxylation is 2. The predicted octanol–water partition coefficient (Wildman–Crippen LogP) is 11.3. The summed E-state index contributed by atoms with van der Waals surface area (Å²) in [6, 6.07) is 44.7. The number of rotatable bonds is 25. The molecule has 2 N–H and O–H groups in total. The van der Waals surface area contributed by atoms with Crippen molar-refractivity contribution in [1.29, 1.82) is 0 Å². The molecule has 2 aromatic heterocycles. The van der Waals surface area contributed by atoms with E-state index in [9.17, 15) is 9.59 Å². The lowest BCUT2D eigenvalue weighted by atomic mass is 10.1. The lowest BCUT2D eigenvalue weighted by molar-refractivity contribution is -0.138. The van der Waals surface area contributed by atoms with Crippen LogP contribution in [0.4, 0.5) is 0 Å². The number of methoxy groups -OCH3 is 1. The highest BCUT2D eigenvalue weighted by atomic mass is 16.5. The minimum absolute atomic E-state index is 0.0781. The van der Waals surface area contributed by atoms with Crippen LogP contribution in [0.3, 0.4) is 0 Å². The largest absolute Gasteiger partial charge is 0.494 e. The van der Waals surface area contributed by atoms with Crippen LogP contribution in [0.25, 0.3) is 43.6 Å². The van der Waals surface area contributed by atoms with Gasteiger partial charge in [-0.2, -0.15) is 0 Å². The van der Waals surface area contributed by atoms with Crippen LogP contribution in [-0.4, -0.2) is 90.4 Å². The fraction of sp³-hybridized carbons (Fsp3) is 0.321. The molecule has 0 aliphatic heterocycles. The molecule has 0 atom stereocenters. The fourth-order valence-electron chi connectivity index (χ4n) is 8.33. The van der Waals surface area contributed by atoms with Crippen molar-refractivity contribution < 1.29 is 43.5 Å². The average molecular weight is 922 g/mol. The lowest BCUT2D eigenvalue weighted by Gasteiger charge is -2.11. The standard InChI is InChI=1S/C28H32N2O4.C28H31NO5/c1-29(2)20-21-9-11-22(12-10-21)33-17-5-6-18-34-23-13-14-25-24-7-3-4-8-26(24)30(27(25)19-23)16-15-28(31)32;1-32-19-15-21-8-10-22(11-9-21)33-17-4-5-18-34-23-12-13-25-24-6-2-3-7-26(24)29(27(25)20-23)16-14-28(30)31/h3-4,7-14,19H,5-6,15-18,20H2,1-2H3,(H,31,32);2-3,6-13,20H,4-5,14-19H2,1H3,(H,30,31). The van der Waals surface area contributed by atoms with Crippen LogP contribution < -0.4 is 18.9 Å². The first kappa shape index (κ1) is 48.9. The number of aliphatic carboxylic acids is 2. The summed E-state index contributed by atoms with van der Waals surface area (Å²) in [6.07, 6.45) is 4.63. The SMILES string of the molecule is CN(C)Cc1ccc(OCCCCOc2ccc3c4ccccc4n(CCC(=O)O)c3c2)cc1.COCCc1ccc(OCCCCOc2ccc3c4ccccc4n(CCC(=O)O)c3c2)cc1. The van der Waals surface area contributed by atoms with E-state index in [1.165, 1.54) is 11.1 Å². The lowest BCUT2D eigenvalue weighted by Crippen LogP contribution is -2.10. The van der Waals surface area contributed by atoms with Gasteiger partial charge in [-0.1, -0.05) is 60.7 Å². The smallest absolute Gasteiger partial charge is 0.305 e. The van der Waals surface area contributed by atoms with E-state index in [0.717, 1.165) is 112 Å². The Hall–Kier alpha value is -7.02.